The predicted molar refractivity (Wildman–Crippen MR) is 84.6 cm³/mol. The Labute approximate surface area is 129 Å². The molecule has 0 N–H and O–H groups in total. The van der Waals surface area contributed by atoms with Crippen LogP contribution in [0.25, 0.3) is 0 Å². The number of halogens is 1. The molecule has 3 nitrogen and oxygen atoms in total. The maximum Gasteiger partial charge on any atom is 0.162 e. The highest BCUT2D eigenvalue weighted by Crippen LogP contribution is 2.13. The largest absolute Gasteiger partial charge is 0.302 e. The average molecular weight is 337 g/mol. The number of rotatable bonds is 8. The van der Waals surface area contributed by atoms with Gasteiger partial charge in [-0.05, 0) is 38.6 Å². The average Bonchev–Trinajstić information content (AvgIpc) is 2.46. The summed E-state index contributed by atoms with van der Waals surface area (Å²) in [4.78, 5) is 14.2. The molecule has 0 aromatic heterocycles. The highest BCUT2D eigenvalue weighted by molar-refractivity contribution is 9.10. The molecule has 0 saturated heterocycles. The van der Waals surface area contributed by atoms with Gasteiger partial charge in [0.25, 0.3) is 0 Å². The van der Waals surface area contributed by atoms with Crippen LogP contribution in [0.15, 0.2) is 28.7 Å². The smallest absolute Gasteiger partial charge is 0.162 e. The number of nitriles is 1. The molecular formula is C16H21BrN2O. The second-order valence-electron chi connectivity index (χ2n) is 4.96. The van der Waals surface area contributed by atoms with Crippen molar-refractivity contribution in [1.82, 2.24) is 4.90 Å². The van der Waals surface area contributed by atoms with Gasteiger partial charge in [-0.25, -0.2) is 0 Å². The van der Waals surface area contributed by atoms with Gasteiger partial charge in [-0.1, -0.05) is 35.0 Å². The van der Waals surface area contributed by atoms with Crippen molar-refractivity contribution in [2.75, 3.05) is 19.6 Å². The Bertz CT molecular complexity index is 464. The fourth-order valence-corrected chi connectivity index (χ4v) is 2.31. The quantitative estimate of drug-likeness (QED) is 0.676. The summed E-state index contributed by atoms with van der Waals surface area (Å²) in [6.07, 6.45) is 1.39. The topological polar surface area (TPSA) is 44.1 Å². The summed E-state index contributed by atoms with van der Waals surface area (Å²) in [5, 5.41) is 8.83. The fraction of sp³-hybridized carbons (Fsp3) is 0.500. The molecule has 0 spiro atoms. The molecule has 0 aliphatic heterocycles. The van der Waals surface area contributed by atoms with Gasteiger partial charge in [0.15, 0.2) is 5.78 Å². The van der Waals surface area contributed by atoms with E-state index in [4.69, 9.17) is 5.26 Å². The van der Waals surface area contributed by atoms with Crippen LogP contribution in [0.4, 0.5) is 0 Å². The Morgan fingerprint density at radius 3 is 2.60 bits per heavy atom. The summed E-state index contributed by atoms with van der Waals surface area (Å²) in [6, 6.07) is 9.72. The van der Waals surface area contributed by atoms with Crippen molar-refractivity contribution in [3.8, 4) is 6.07 Å². The van der Waals surface area contributed by atoms with Crippen LogP contribution in [0.5, 0.6) is 0 Å². The number of carbonyl (C=O) groups is 1. The van der Waals surface area contributed by atoms with Gasteiger partial charge in [0.2, 0.25) is 0 Å². The van der Waals surface area contributed by atoms with Crippen LogP contribution in [0.2, 0.25) is 0 Å². The molecule has 0 aliphatic rings. The first-order valence-corrected chi connectivity index (χ1v) is 7.76. The molecule has 20 heavy (non-hydrogen) atoms. The van der Waals surface area contributed by atoms with E-state index < -0.39 is 0 Å². The molecule has 0 amide bonds. The molecule has 1 atom stereocenters. The number of hydrogen-bond donors (Lipinski definition) is 0. The molecule has 1 unspecified atom stereocenters. The lowest BCUT2D eigenvalue weighted by Crippen LogP contribution is -2.29. The number of benzene rings is 1. The van der Waals surface area contributed by atoms with E-state index >= 15 is 0 Å². The Morgan fingerprint density at radius 2 is 2.05 bits per heavy atom. The van der Waals surface area contributed by atoms with Gasteiger partial charge in [0.05, 0.1) is 12.0 Å². The Balaban J connectivity index is 2.37. The van der Waals surface area contributed by atoms with E-state index in [1.807, 2.05) is 31.2 Å². The molecule has 1 rings (SSSR count). The second kappa shape index (κ2) is 8.89. The van der Waals surface area contributed by atoms with Crippen molar-refractivity contribution < 1.29 is 4.79 Å². The van der Waals surface area contributed by atoms with E-state index in [-0.39, 0.29) is 11.7 Å². The predicted octanol–water partition coefficient (Wildman–Crippen LogP) is 3.89. The second-order valence-corrected chi connectivity index (χ2v) is 5.87. The summed E-state index contributed by atoms with van der Waals surface area (Å²) < 4.78 is 0.983. The van der Waals surface area contributed by atoms with Crippen LogP contribution in [0, 0.1) is 17.2 Å². The first-order valence-electron chi connectivity index (χ1n) is 6.97. The summed E-state index contributed by atoms with van der Waals surface area (Å²) in [6.45, 7) is 6.57. The molecule has 0 bridgehead atoms. The zero-order chi connectivity index (χ0) is 15.0. The number of nitrogens with zero attached hydrogens (tertiary/aromatic N) is 2. The minimum Gasteiger partial charge on any atom is -0.302 e. The highest BCUT2D eigenvalue weighted by Gasteiger charge is 2.10. The van der Waals surface area contributed by atoms with Crippen molar-refractivity contribution in [2.24, 2.45) is 5.92 Å². The lowest BCUT2D eigenvalue weighted by Gasteiger charge is -2.21. The van der Waals surface area contributed by atoms with Crippen LogP contribution in [0.3, 0.4) is 0 Å². The van der Waals surface area contributed by atoms with Gasteiger partial charge in [-0.15, -0.1) is 0 Å². The maximum absolute atomic E-state index is 12.0. The van der Waals surface area contributed by atoms with Crippen LogP contribution >= 0.6 is 15.9 Å². The number of carbonyl (C=O) groups excluding carboxylic acids is 1. The third-order valence-electron chi connectivity index (χ3n) is 3.24. The summed E-state index contributed by atoms with van der Waals surface area (Å²) in [5.41, 5.74) is 0.765. The van der Waals surface area contributed by atoms with E-state index in [1.54, 1.807) is 0 Å². The van der Waals surface area contributed by atoms with E-state index in [9.17, 15) is 4.79 Å². The van der Waals surface area contributed by atoms with Gasteiger partial charge in [0.1, 0.15) is 0 Å². The van der Waals surface area contributed by atoms with Crippen molar-refractivity contribution in [1.29, 1.82) is 5.26 Å². The summed E-state index contributed by atoms with van der Waals surface area (Å²) in [5.74, 6) is 0.221. The van der Waals surface area contributed by atoms with E-state index in [2.05, 4.69) is 33.8 Å². The molecule has 0 heterocycles. The van der Waals surface area contributed by atoms with Crippen LogP contribution in [-0.4, -0.2) is 30.3 Å². The van der Waals surface area contributed by atoms with E-state index in [1.165, 1.54) is 0 Å². The fourth-order valence-electron chi connectivity index (χ4n) is 2.05. The third-order valence-corrected chi connectivity index (χ3v) is 3.77. The summed E-state index contributed by atoms with van der Waals surface area (Å²) >= 11 is 3.36. The molecule has 0 fully saturated rings. The third kappa shape index (κ3) is 5.85. The molecule has 0 aliphatic carbocycles. The van der Waals surface area contributed by atoms with Gasteiger partial charge in [-0.3, -0.25) is 4.79 Å². The highest BCUT2D eigenvalue weighted by atomic mass is 79.9. The monoisotopic (exact) mass is 336 g/mol. The van der Waals surface area contributed by atoms with Gasteiger partial charge in [0, 0.05) is 23.0 Å². The molecule has 4 heteroatoms. The first-order chi connectivity index (χ1) is 9.56. The van der Waals surface area contributed by atoms with Gasteiger partial charge in [-0.2, -0.15) is 5.26 Å². The molecule has 108 valence electrons. The standard InChI is InChI=1S/C16H21BrN2O/c1-3-19(12-13(2)11-18)10-4-5-16(20)14-6-8-15(17)9-7-14/h6-9,13H,3-5,10,12H2,1-2H3. The Hall–Kier alpha value is -1.18. The first kappa shape index (κ1) is 16.9. The van der Waals surface area contributed by atoms with E-state index in [0.29, 0.717) is 6.42 Å². The van der Waals surface area contributed by atoms with Crippen LogP contribution in [0.1, 0.15) is 37.0 Å². The minimum absolute atomic E-state index is 0.0390. The SMILES string of the molecule is CCN(CCCC(=O)c1ccc(Br)cc1)CC(C)C#N. The zero-order valence-corrected chi connectivity index (χ0v) is 13.7. The lowest BCUT2D eigenvalue weighted by atomic mass is 10.1. The van der Waals surface area contributed by atoms with Crippen LogP contribution in [-0.2, 0) is 0 Å². The van der Waals surface area contributed by atoms with Crippen molar-refractivity contribution in [2.45, 2.75) is 26.7 Å². The number of Topliss-reactive ketones (excluding diaryl/α,β-unsaturated/α-hetero) is 1. The molecule has 0 saturated carbocycles. The molecular weight excluding hydrogens is 316 g/mol. The number of ketones is 1. The van der Waals surface area contributed by atoms with Gasteiger partial charge >= 0.3 is 0 Å². The summed E-state index contributed by atoms with van der Waals surface area (Å²) in [7, 11) is 0. The van der Waals surface area contributed by atoms with Crippen molar-refractivity contribution >= 4 is 21.7 Å². The van der Waals surface area contributed by atoms with Crippen LogP contribution < -0.4 is 0 Å². The minimum atomic E-state index is 0.0390. The maximum atomic E-state index is 12.0. The normalized spacial score (nSPS) is 12.2. The lowest BCUT2D eigenvalue weighted by molar-refractivity contribution is 0.0974. The van der Waals surface area contributed by atoms with Crippen molar-refractivity contribution in [3.63, 3.8) is 0 Å². The molecule has 1 aromatic rings. The zero-order valence-electron chi connectivity index (χ0n) is 12.1. The van der Waals surface area contributed by atoms with Gasteiger partial charge < -0.3 is 4.90 Å². The molecule has 0 radical (unpaired) electrons. The van der Waals surface area contributed by atoms with Crippen molar-refractivity contribution in [3.05, 3.63) is 34.3 Å². The number of hydrogen-bond acceptors (Lipinski definition) is 3. The van der Waals surface area contributed by atoms with E-state index in [0.717, 1.165) is 36.1 Å². The molecule has 1 aromatic carbocycles. The Morgan fingerprint density at radius 1 is 1.40 bits per heavy atom. The Kier molecular flexibility index (Phi) is 7.50.